The van der Waals surface area contributed by atoms with Gasteiger partial charge in [0.05, 0.1) is 5.69 Å². The van der Waals surface area contributed by atoms with Crippen LogP contribution in [-0.2, 0) is 16.4 Å². The Morgan fingerprint density at radius 3 is 2.95 bits per heavy atom. The Kier molecular flexibility index (Phi) is 4.64. The van der Waals surface area contributed by atoms with Crippen molar-refractivity contribution in [2.45, 2.75) is 18.2 Å². The lowest BCUT2D eigenvalue weighted by Gasteiger charge is -2.11. The van der Waals surface area contributed by atoms with E-state index in [1.165, 1.54) is 18.7 Å². The van der Waals surface area contributed by atoms with Crippen molar-refractivity contribution in [3.05, 3.63) is 30.7 Å². The Labute approximate surface area is 116 Å². The van der Waals surface area contributed by atoms with Crippen LogP contribution in [0.4, 0.5) is 5.69 Å². The second kappa shape index (κ2) is 6.44. The number of pyridine rings is 1. The summed E-state index contributed by atoms with van der Waals surface area (Å²) in [6.07, 6.45) is 4.45. The van der Waals surface area contributed by atoms with Crippen molar-refractivity contribution in [3.63, 3.8) is 0 Å². The fourth-order valence-electron chi connectivity index (χ4n) is 1.61. The van der Waals surface area contributed by atoms with Crippen LogP contribution < -0.4 is 10.0 Å². The SMILES string of the molecule is CCNc1ccncc1S(=O)(=O)NCCc1ncno1. The minimum Gasteiger partial charge on any atom is -0.384 e. The normalized spacial score (nSPS) is 11.4. The molecule has 2 N–H and O–H groups in total. The molecule has 0 fully saturated rings. The van der Waals surface area contributed by atoms with E-state index < -0.39 is 10.0 Å². The molecule has 0 atom stereocenters. The summed E-state index contributed by atoms with van der Waals surface area (Å²) in [5.41, 5.74) is 0.521. The summed E-state index contributed by atoms with van der Waals surface area (Å²) in [5.74, 6) is 0.380. The van der Waals surface area contributed by atoms with Gasteiger partial charge in [-0.25, -0.2) is 13.1 Å². The number of sulfonamides is 1. The molecule has 0 saturated carbocycles. The maximum absolute atomic E-state index is 12.2. The topological polar surface area (TPSA) is 110 Å². The molecule has 0 aliphatic heterocycles. The van der Waals surface area contributed by atoms with Crippen LogP contribution in [0.25, 0.3) is 0 Å². The molecule has 0 aliphatic carbocycles. The average molecular weight is 297 g/mol. The van der Waals surface area contributed by atoms with E-state index in [1.807, 2.05) is 6.92 Å². The quantitative estimate of drug-likeness (QED) is 0.762. The van der Waals surface area contributed by atoms with E-state index in [1.54, 1.807) is 6.07 Å². The first-order valence-corrected chi connectivity index (χ1v) is 7.55. The number of hydrogen-bond donors (Lipinski definition) is 2. The van der Waals surface area contributed by atoms with Gasteiger partial charge in [0.1, 0.15) is 4.90 Å². The highest BCUT2D eigenvalue weighted by molar-refractivity contribution is 7.89. The minimum atomic E-state index is -3.63. The summed E-state index contributed by atoms with van der Waals surface area (Å²) < 4.78 is 31.7. The van der Waals surface area contributed by atoms with E-state index in [0.717, 1.165) is 0 Å². The van der Waals surface area contributed by atoms with E-state index in [4.69, 9.17) is 4.52 Å². The van der Waals surface area contributed by atoms with Crippen molar-refractivity contribution < 1.29 is 12.9 Å². The lowest BCUT2D eigenvalue weighted by Crippen LogP contribution is -2.27. The number of nitrogens with zero attached hydrogens (tertiary/aromatic N) is 3. The van der Waals surface area contributed by atoms with Crippen LogP contribution >= 0.6 is 0 Å². The predicted octanol–water partition coefficient (Wildman–Crippen LogP) is 0.417. The van der Waals surface area contributed by atoms with Crippen LogP contribution in [0, 0.1) is 0 Å². The number of nitrogens with one attached hydrogen (secondary N) is 2. The summed E-state index contributed by atoms with van der Waals surface area (Å²) in [4.78, 5) is 7.79. The highest BCUT2D eigenvalue weighted by Gasteiger charge is 2.18. The van der Waals surface area contributed by atoms with Gasteiger partial charge in [-0.3, -0.25) is 4.98 Å². The Morgan fingerprint density at radius 1 is 1.40 bits per heavy atom. The van der Waals surface area contributed by atoms with Gasteiger partial charge in [-0.1, -0.05) is 5.16 Å². The fourth-order valence-corrected chi connectivity index (χ4v) is 2.76. The number of rotatable bonds is 7. The number of anilines is 1. The number of hydrogen-bond acceptors (Lipinski definition) is 7. The third-order valence-electron chi connectivity index (χ3n) is 2.48. The number of aromatic nitrogens is 3. The maximum atomic E-state index is 12.2. The van der Waals surface area contributed by atoms with Gasteiger partial charge in [-0.15, -0.1) is 0 Å². The molecule has 0 aromatic carbocycles. The van der Waals surface area contributed by atoms with Gasteiger partial charge in [0.25, 0.3) is 0 Å². The van der Waals surface area contributed by atoms with Crippen molar-refractivity contribution in [3.8, 4) is 0 Å². The van der Waals surface area contributed by atoms with Crippen LogP contribution in [0.15, 0.2) is 34.2 Å². The molecule has 2 rings (SSSR count). The molecule has 9 heteroatoms. The molecule has 0 unspecified atom stereocenters. The zero-order valence-electron chi connectivity index (χ0n) is 10.9. The molecule has 0 radical (unpaired) electrons. The van der Waals surface area contributed by atoms with Gasteiger partial charge in [0, 0.05) is 31.9 Å². The summed E-state index contributed by atoms with van der Waals surface area (Å²) >= 11 is 0. The molecule has 0 amide bonds. The third-order valence-corrected chi connectivity index (χ3v) is 3.97. The van der Waals surface area contributed by atoms with Crippen LogP contribution in [0.2, 0.25) is 0 Å². The predicted molar refractivity (Wildman–Crippen MR) is 71.6 cm³/mol. The molecular formula is C11H15N5O3S. The highest BCUT2D eigenvalue weighted by atomic mass is 32.2. The van der Waals surface area contributed by atoms with Crippen molar-refractivity contribution in [2.75, 3.05) is 18.4 Å². The molecule has 0 spiro atoms. The van der Waals surface area contributed by atoms with E-state index >= 15 is 0 Å². The van der Waals surface area contributed by atoms with Gasteiger partial charge < -0.3 is 9.84 Å². The van der Waals surface area contributed by atoms with Crippen molar-refractivity contribution >= 4 is 15.7 Å². The molecule has 0 aliphatic rings. The summed E-state index contributed by atoms with van der Waals surface area (Å²) in [6, 6.07) is 1.62. The first-order chi connectivity index (χ1) is 9.63. The largest absolute Gasteiger partial charge is 0.384 e. The monoisotopic (exact) mass is 297 g/mol. The second-order valence-corrected chi connectivity index (χ2v) is 5.62. The molecule has 2 aromatic heterocycles. The lowest BCUT2D eigenvalue weighted by molar-refractivity contribution is 0.377. The molecule has 0 bridgehead atoms. The van der Waals surface area contributed by atoms with Crippen LogP contribution in [0.5, 0.6) is 0 Å². The standard InChI is InChI=1S/C11H15N5O3S/c1-2-13-9-3-5-12-7-10(9)20(17,18)16-6-4-11-14-8-15-19-11/h3,5,7-8,16H,2,4,6H2,1H3,(H,12,13). The Morgan fingerprint density at radius 2 is 2.25 bits per heavy atom. The van der Waals surface area contributed by atoms with Gasteiger partial charge in [-0.05, 0) is 13.0 Å². The second-order valence-electron chi connectivity index (χ2n) is 3.88. The molecule has 108 valence electrons. The van der Waals surface area contributed by atoms with Crippen LogP contribution in [0.1, 0.15) is 12.8 Å². The van der Waals surface area contributed by atoms with Crippen molar-refractivity contribution in [1.29, 1.82) is 0 Å². The zero-order valence-corrected chi connectivity index (χ0v) is 11.7. The fraction of sp³-hybridized carbons (Fsp3) is 0.364. The first kappa shape index (κ1) is 14.4. The molecule has 20 heavy (non-hydrogen) atoms. The maximum Gasteiger partial charge on any atom is 0.244 e. The van der Waals surface area contributed by atoms with Gasteiger partial charge in [0.2, 0.25) is 15.9 Å². The molecule has 2 aromatic rings. The van der Waals surface area contributed by atoms with Crippen LogP contribution in [-0.4, -0.2) is 36.6 Å². The average Bonchev–Trinajstić information content (AvgIpc) is 2.92. The minimum absolute atomic E-state index is 0.118. The smallest absolute Gasteiger partial charge is 0.244 e. The summed E-state index contributed by atoms with van der Waals surface area (Å²) in [5, 5.41) is 6.44. The third kappa shape index (κ3) is 3.52. The van der Waals surface area contributed by atoms with E-state index in [0.29, 0.717) is 24.5 Å². The van der Waals surface area contributed by atoms with E-state index in [-0.39, 0.29) is 11.4 Å². The van der Waals surface area contributed by atoms with Gasteiger partial charge in [0.15, 0.2) is 6.33 Å². The highest BCUT2D eigenvalue weighted by Crippen LogP contribution is 2.18. The van der Waals surface area contributed by atoms with Gasteiger partial charge in [-0.2, -0.15) is 4.98 Å². The molecular weight excluding hydrogens is 282 g/mol. The van der Waals surface area contributed by atoms with Gasteiger partial charge >= 0.3 is 0 Å². The first-order valence-electron chi connectivity index (χ1n) is 6.06. The van der Waals surface area contributed by atoms with Crippen molar-refractivity contribution in [2.24, 2.45) is 0 Å². The van der Waals surface area contributed by atoms with E-state index in [9.17, 15) is 8.42 Å². The Hall–Kier alpha value is -2.00. The Balaban J connectivity index is 2.06. The summed E-state index contributed by atoms with van der Waals surface area (Å²) in [6.45, 7) is 2.68. The van der Waals surface area contributed by atoms with E-state index in [2.05, 4.69) is 25.2 Å². The van der Waals surface area contributed by atoms with Crippen LogP contribution in [0.3, 0.4) is 0 Å². The summed E-state index contributed by atoms with van der Waals surface area (Å²) in [7, 11) is -3.63. The lowest BCUT2D eigenvalue weighted by atomic mass is 10.4. The van der Waals surface area contributed by atoms with Crippen molar-refractivity contribution in [1.82, 2.24) is 19.8 Å². The molecule has 2 heterocycles. The Bertz CT molecular complexity index is 642. The zero-order chi connectivity index (χ0) is 14.4. The molecule has 8 nitrogen and oxygen atoms in total. The molecule has 0 saturated heterocycles.